The molecule has 0 saturated carbocycles. The zero-order valence-electron chi connectivity index (χ0n) is 13.7. The van der Waals surface area contributed by atoms with E-state index in [1.54, 1.807) is 0 Å². The zero-order valence-corrected chi connectivity index (χ0v) is 14.5. The second-order valence-electron chi connectivity index (χ2n) is 5.58. The number of piperidine rings is 1. The van der Waals surface area contributed by atoms with Gasteiger partial charge in [-0.1, -0.05) is 23.7 Å². The highest BCUT2D eigenvalue weighted by Gasteiger charge is 2.26. The highest BCUT2D eigenvalue weighted by molar-refractivity contribution is 6.30. The van der Waals surface area contributed by atoms with Crippen LogP contribution in [0.25, 0.3) is 0 Å². The molecule has 0 radical (unpaired) electrons. The number of carbonyl (C=O) groups excluding carboxylic acids is 1. The molecule has 0 spiro atoms. The first-order valence-electron chi connectivity index (χ1n) is 7.99. The van der Waals surface area contributed by atoms with Crippen LogP contribution in [0.2, 0.25) is 5.02 Å². The third-order valence-corrected chi connectivity index (χ3v) is 4.24. The number of aliphatic imine (C=N–C) groups is 1. The summed E-state index contributed by atoms with van der Waals surface area (Å²) in [6.45, 7) is 5.10. The smallest absolute Gasteiger partial charge is 0.308 e. The van der Waals surface area contributed by atoms with Crippen LogP contribution in [-0.4, -0.2) is 43.6 Å². The summed E-state index contributed by atoms with van der Waals surface area (Å²) < 4.78 is 4.83. The van der Waals surface area contributed by atoms with Gasteiger partial charge in [0.1, 0.15) is 0 Å². The molecule has 6 heteroatoms. The standard InChI is InChI=1S/C17H24ClN3O2/c1-3-19-17(20-12-13-4-6-15(18)7-5-13)21-10-8-14(9-11-21)16(22)23-2/h4-7,14H,3,8-12H2,1-2H3,(H,19,20). The van der Waals surface area contributed by atoms with E-state index in [0.29, 0.717) is 6.54 Å². The van der Waals surface area contributed by atoms with Crippen LogP contribution >= 0.6 is 11.6 Å². The van der Waals surface area contributed by atoms with Gasteiger partial charge in [-0.3, -0.25) is 4.79 Å². The number of halogens is 1. The van der Waals surface area contributed by atoms with Crippen molar-refractivity contribution < 1.29 is 9.53 Å². The lowest BCUT2D eigenvalue weighted by Gasteiger charge is -2.33. The molecule has 1 N–H and O–H groups in total. The quantitative estimate of drug-likeness (QED) is 0.521. The summed E-state index contributed by atoms with van der Waals surface area (Å²) >= 11 is 5.90. The van der Waals surface area contributed by atoms with E-state index in [1.807, 2.05) is 24.3 Å². The Balaban J connectivity index is 1.97. The average molecular weight is 338 g/mol. The highest BCUT2D eigenvalue weighted by atomic mass is 35.5. The Morgan fingerprint density at radius 2 is 2.00 bits per heavy atom. The van der Waals surface area contributed by atoms with Gasteiger partial charge in [-0.25, -0.2) is 4.99 Å². The van der Waals surface area contributed by atoms with E-state index < -0.39 is 0 Å². The first-order chi connectivity index (χ1) is 11.1. The largest absolute Gasteiger partial charge is 0.469 e. The third kappa shape index (κ3) is 5.13. The maximum atomic E-state index is 11.6. The SMILES string of the molecule is CCNC(=NCc1ccc(Cl)cc1)N1CCC(C(=O)OC)CC1. The molecule has 1 saturated heterocycles. The predicted octanol–water partition coefficient (Wildman–Crippen LogP) is 2.69. The van der Waals surface area contributed by atoms with Crippen molar-refractivity contribution >= 4 is 23.5 Å². The summed E-state index contributed by atoms with van der Waals surface area (Å²) in [4.78, 5) is 18.5. The molecule has 1 aliphatic heterocycles. The minimum Gasteiger partial charge on any atom is -0.469 e. The van der Waals surface area contributed by atoms with E-state index in [4.69, 9.17) is 21.3 Å². The molecule has 126 valence electrons. The van der Waals surface area contributed by atoms with Crippen molar-refractivity contribution in [1.82, 2.24) is 10.2 Å². The second-order valence-corrected chi connectivity index (χ2v) is 6.02. The first-order valence-corrected chi connectivity index (χ1v) is 8.37. The van der Waals surface area contributed by atoms with Gasteiger partial charge in [-0.15, -0.1) is 0 Å². The van der Waals surface area contributed by atoms with Gasteiger partial charge >= 0.3 is 5.97 Å². The highest BCUT2D eigenvalue weighted by Crippen LogP contribution is 2.18. The number of nitrogens with zero attached hydrogens (tertiary/aromatic N) is 2. The van der Waals surface area contributed by atoms with Crippen molar-refractivity contribution in [3.63, 3.8) is 0 Å². The van der Waals surface area contributed by atoms with Crippen LogP contribution in [0, 0.1) is 5.92 Å². The number of hydrogen-bond donors (Lipinski definition) is 1. The molecular weight excluding hydrogens is 314 g/mol. The number of carbonyl (C=O) groups is 1. The molecule has 0 aromatic heterocycles. The lowest BCUT2D eigenvalue weighted by Crippen LogP contribution is -2.46. The monoisotopic (exact) mass is 337 g/mol. The molecule has 1 aromatic rings. The topological polar surface area (TPSA) is 53.9 Å². The third-order valence-electron chi connectivity index (χ3n) is 3.99. The molecule has 1 aromatic carbocycles. The number of likely N-dealkylation sites (tertiary alicyclic amines) is 1. The predicted molar refractivity (Wildman–Crippen MR) is 92.6 cm³/mol. The van der Waals surface area contributed by atoms with Crippen molar-refractivity contribution in [2.75, 3.05) is 26.7 Å². The number of methoxy groups -OCH3 is 1. The van der Waals surface area contributed by atoms with Crippen molar-refractivity contribution in [2.24, 2.45) is 10.9 Å². The van der Waals surface area contributed by atoms with Gasteiger partial charge in [0.15, 0.2) is 5.96 Å². The van der Waals surface area contributed by atoms with Crippen LogP contribution in [0.1, 0.15) is 25.3 Å². The maximum absolute atomic E-state index is 11.6. The second kappa shape index (κ2) is 8.77. The lowest BCUT2D eigenvalue weighted by atomic mass is 9.97. The summed E-state index contributed by atoms with van der Waals surface area (Å²) in [5, 5.41) is 4.06. The average Bonchev–Trinajstić information content (AvgIpc) is 2.59. The molecule has 0 amide bonds. The van der Waals surface area contributed by atoms with E-state index >= 15 is 0 Å². The Labute approximate surface area is 142 Å². The number of hydrogen-bond acceptors (Lipinski definition) is 3. The summed E-state index contributed by atoms with van der Waals surface area (Å²) in [6.07, 6.45) is 1.61. The van der Waals surface area contributed by atoms with Crippen LogP contribution in [0.4, 0.5) is 0 Å². The Hall–Kier alpha value is -1.75. The van der Waals surface area contributed by atoms with Crippen molar-refractivity contribution in [3.8, 4) is 0 Å². The molecule has 1 aliphatic rings. The van der Waals surface area contributed by atoms with Crippen molar-refractivity contribution in [2.45, 2.75) is 26.3 Å². The van der Waals surface area contributed by atoms with E-state index in [-0.39, 0.29) is 11.9 Å². The normalized spacial score (nSPS) is 16.3. The van der Waals surface area contributed by atoms with Gasteiger partial charge in [0.2, 0.25) is 0 Å². The van der Waals surface area contributed by atoms with Gasteiger partial charge in [-0.2, -0.15) is 0 Å². The molecular formula is C17H24ClN3O2. The maximum Gasteiger partial charge on any atom is 0.308 e. The van der Waals surface area contributed by atoms with Gasteiger partial charge in [0, 0.05) is 24.7 Å². The van der Waals surface area contributed by atoms with Crippen LogP contribution in [0.3, 0.4) is 0 Å². The summed E-state index contributed by atoms with van der Waals surface area (Å²) in [5.74, 6) is 0.800. The van der Waals surface area contributed by atoms with Gasteiger partial charge < -0.3 is 15.0 Å². The number of nitrogens with one attached hydrogen (secondary N) is 1. The molecule has 0 unspecified atom stereocenters. The van der Waals surface area contributed by atoms with Crippen LogP contribution in [0.15, 0.2) is 29.3 Å². The van der Waals surface area contributed by atoms with E-state index in [9.17, 15) is 4.79 Å². The van der Waals surface area contributed by atoms with E-state index in [2.05, 4.69) is 17.1 Å². The molecule has 23 heavy (non-hydrogen) atoms. The fraction of sp³-hybridized carbons (Fsp3) is 0.529. The number of rotatable bonds is 4. The van der Waals surface area contributed by atoms with Gasteiger partial charge in [-0.05, 0) is 37.5 Å². The molecule has 1 fully saturated rings. The zero-order chi connectivity index (χ0) is 16.7. The minimum atomic E-state index is -0.104. The minimum absolute atomic E-state index is 0.00962. The Bertz CT molecular complexity index is 537. The van der Waals surface area contributed by atoms with Crippen LogP contribution < -0.4 is 5.32 Å². The Morgan fingerprint density at radius 1 is 1.35 bits per heavy atom. The molecule has 0 bridgehead atoms. The number of esters is 1. The Morgan fingerprint density at radius 3 is 2.57 bits per heavy atom. The lowest BCUT2D eigenvalue weighted by molar-refractivity contribution is -0.146. The number of ether oxygens (including phenoxy) is 1. The van der Waals surface area contributed by atoms with Crippen LogP contribution in [0.5, 0.6) is 0 Å². The van der Waals surface area contributed by atoms with Crippen LogP contribution in [-0.2, 0) is 16.1 Å². The Kier molecular flexibility index (Phi) is 6.71. The molecule has 5 nitrogen and oxygen atoms in total. The fourth-order valence-corrected chi connectivity index (χ4v) is 2.80. The number of guanidine groups is 1. The number of benzene rings is 1. The molecule has 2 rings (SSSR count). The summed E-state index contributed by atoms with van der Waals surface area (Å²) in [7, 11) is 1.45. The van der Waals surface area contributed by atoms with Crippen molar-refractivity contribution in [1.29, 1.82) is 0 Å². The molecule has 1 heterocycles. The molecule has 0 atom stereocenters. The van der Waals surface area contributed by atoms with Gasteiger partial charge in [0.25, 0.3) is 0 Å². The van der Waals surface area contributed by atoms with E-state index in [0.717, 1.165) is 49.0 Å². The van der Waals surface area contributed by atoms with Gasteiger partial charge in [0.05, 0.1) is 19.6 Å². The fourth-order valence-electron chi connectivity index (χ4n) is 2.68. The van der Waals surface area contributed by atoms with Crippen molar-refractivity contribution in [3.05, 3.63) is 34.9 Å². The summed E-state index contributed by atoms with van der Waals surface area (Å²) in [5.41, 5.74) is 1.12. The molecule has 0 aliphatic carbocycles. The first kappa shape index (κ1) is 17.6. The van der Waals surface area contributed by atoms with E-state index in [1.165, 1.54) is 7.11 Å². The summed E-state index contributed by atoms with van der Waals surface area (Å²) in [6, 6.07) is 7.72.